The van der Waals surface area contributed by atoms with Crippen LogP contribution in [0.2, 0.25) is 0 Å². The fraction of sp³-hybridized carbons (Fsp3) is 0.278. The van der Waals surface area contributed by atoms with Gasteiger partial charge in [-0.2, -0.15) is 0 Å². The Balaban J connectivity index is 1.77. The molecule has 1 saturated carbocycles. The van der Waals surface area contributed by atoms with Crippen LogP contribution in [-0.2, 0) is 9.84 Å². The van der Waals surface area contributed by atoms with Crippen molar-refractivity contribution in [3.8, 4) is 0 Å². The van der Waals surface area contributed by atoms with Gasteiger partial charge in [-0.15, -0.1) is 0 Å². The van der Waals surface area contributed by atoms with Crippen LogP contribution in [0.15, 0.2) is 53.9 Å². The van der Waals surface area contributed by atoms with E-state index in [-0.39, 0.29) is 10.9 Å². The van der Waals surface area contributed by atoms with Crippen molar-refractivity contribution in [2.75, 3.05) is 11.6 Å². The van der Waals surface area contributed by atoms with Gasteiger partial charge in [0.1, 0.15) is 12.1 Å². The molecule has 0 aliphatic heterocycles. The first-order valence-electron chi connectivity index (χ1n) is 8.13. The van der Waals surface area contributed by atoms with E-state index in [1.165, 1.54) is 12.6 Å². The van der Waals surface area contributed by atoms with Gasteiger partial charge in [0.2, 0.25) is 0 Å². The highest BCUT2D eigenvalue weighted by Crippen LogP contribution is 2.43. The Kier molecular flexibility index (Phi) is 3.88. The second kappa shape index (κ2) is 6.07. The number of aromatic nitrogens is 3. The second-order valence-electron chi connectivity index (χ2n) is 6.42. The van der Waals surface area contributed by atoms with Crippen LogP contribution in [0.5, 0.6) is 0 Å². The third kappa shape index (κ3) is 3.32. The first-order valence-corrected chi connectivity index (χ1v) is 10.0. The SMILES string of the molecule is CS(=O)(=O)c1ccc2ncnc(NC(c3cccnc3)C3CC3)c2c1. The normalized spacial score (nSPS) is 15.9. The molecule has 2 heterocycles. The lowest BCUT2D eigenvalue weighted by Crippen LogP contribution is -2.14. The van der Waals surface area contributed by atoms with Gasteiger partial charge in [-0.25, -0.2) is 18.4 Å². The van der Waals surface area contributed by atoms with Gasteiger partial charge in [-0.3, -0.25) is 4.98 Å². The number of rotatable bonds is 5. The zero-order chi connectivity index (χ0) is 17.4. The van der Waals surface area contributed by atoms with E-state index in [9.17, 15) is 8.42 Å². The maximum absolute atomic E-state index is 11.9. The minimum Gasteiger partial charge on any atom is -0.362 e. The molecule has 1 N–H and O–H groups in total. The molecule has 1 fully saturated rings. The number of hydrogen-bond acceptors (Lipinski definition) is 6. The lowest BCUT2D eigenvalue weighted by Gasteiger charge is -2.20. The number of nitrogens with one attached hydrogen (secondary N) is 1. The molecule has 2 aromatic heterocycles. The van der Waals surface area contributed by atoms with Crippen LogP contribution in [0.1, 0.15) is 24.4 Å². The fourth-order valence-corrected chi connectivity index (χ4v) is 3.64. The van der Waals surface area contributed by atoms with Crippen LogP contribution in [0.25, 0.3) is 10.9 Å². The van der Waals surface area contributed by atoms with E-state index in [4.69, 9.17) is 0 Å². The summed E-state index contributed by atoms with van der Waals surface area (Å²) in [5.74, 6) is 1.18. The Morgan fingerprint density at radius 3 is 2.72 bits per heavy atom. The summed E-state index contributed by atoms with van der Waals surface area (Å²) < 4.78 is 23.8. The van der Waals surface area contributed by atoms with Gasteiger partial charge in [0.25, 0.3) is 0 Å². The largest absolute Gasteiger partial charge is 0.362 e. The molecule has 1 aliphatic rings. The first-order chi connectivity index (χ1) is 12.0. The standard InChI is InChI=1S/C18H18N4O2S/c1-25(23,24)14-6-7-16-15(9-14)18(21-11-20-16)22-17(12-4-5-12)13-3-2-8-19-10-13/h2-3,6-12,17H,4-5H2,1H3,(H,20,21,22). The molecule has 0 amide bonds. The zero-order valence-electron chi connectivity index (χ0n) is 13.8. The molecule has 0 saturated heterocycles. The van der Waals surface area contributed by atoms with Crippen molar-refractivity contribution in [2.45, 2.75) is 23.8 Å². The van der Waals surface area contributed by atoms with E-state index in [1.807, 2.05) is 18.3 Å². The van der Waals surface area contributed by atoms with E-state index >= 15 is 0 Å². The summed E-state index contributed by atoms with van der Waals surface area (Å²) in [6.07, 6.45) is 8.63. The molecule has 1 aliphatic carbocycles. The van der Waals surface area contributed by atoms with E-state index in [2.05, 4.69) is 20.3 Å². The smallest absolute Gasteiger partial charge is 0.175 e. The number of anilines is 1. The Morgan fingerprint density at radius 2 is 2.04 bits per heavy atom. The second-order valence-corrected chi connectivity index (χ2v) is 8.43. The molecule has 1 unspecified atom stereocenters. The van der Waals surface area contributed by atoms with Gasteiger partial charge in [-0.05, 0) is 48.6 Å². The molecule has 25 heavy (non-hydrogen) atoms. The van der Waals surface area contributed by atoms with Crippen LogP contribution in [-0.4, -0.2) is 29.6 Å². The first kappa shape index (κ1) is 16.0. The highest BCUT2D eigenvalue weighted by Gasteiger charge is 2.33. The van der Waals surface area contributed by atoms with Crippen LogP contribution < -0.4 is 5.32 Å². The van der Waals surface area contributed by atoms with Gasteiger partial charge in [-0.1, -0.05) is 6.07 Å². The van der Waals surface area contributed by atoms with Crippen molar-refractivity contribution < 1.29 is 8.42 Å². The number of fused-ring (bicyclic) bond motifs is 1. The van der Waals surface area contributed by atoms with Gasteiger partial charge in [0.15, 0.2) is 9.84 Å². The summed E-state index contributed by atoms with van der Waals surface area (Å²) in [4.78, 5) is 13.1. The van der Waals surface area contributed by atoms with Crippen molar-refractivity contribution in [1.82, 2.24) is 15.0 Å². The highest BCUT2D eigenvalue weighted by molar-refractivity contribution is 7.90. The summed E-state index contributed by atoms with van der Waals surface area (Å²) in [5, 5.41) is 4.20. The summed E-state index contributed by atoms with van der Waals surface area (Å²) in [7, 11) is -3.29. The minimum absolute atomic E-state index is 0.105. The Morgan fingerprint density at radius 1 is 1.20 bits per heavy atom. The molecule has 1 atom stereocenters. The molecule has 6 nitrogen and oxygen atoms in total. The van der Waals surface area contributed by atoms with Crippen molar-refractivity contribution in [1.29, 1.82) is 0 Å². The Hall–Kier alpha value is -2.54. The predicted octanol–water partition coefficient (Wildman–Crippen LogP) is 2.99. The summed E-state index contributed by atoms with van der Waals surface area (Å²) in [6.45, 7) is 0. The van der Waals surface area contributed by atoms with Crippen molar-refractivity contribution in [3.05, 3.63) is 54.6 Å². The van der Waals surface area contributed by atoms with Crippen LogP contribution in [0, 0.1) is 5.92 Å². The van der Waals surface area contributed by atoms with Crippen LogP contribution >= 0.6 is 0 Å². The molecular formula is C18H18N4O2S. The van der Waals surface area contributed by atoms with Crippen LogP contribution in [0.3, 0.4) is 0 Å². The molecule has 7 heteroatoms. The maximum atomic E-state index is 11.9. The van der Waals surface area contributed by atoms with Gasteiger partial charge in [0, 0.05) is 24.0 Å². The molecule has 3 aromatic rings. The van der Waals surface area contributed by atoms with E-state index < -0.39 is 9.84 Å². The minimum atomic E-state index is -3.29. The fourth-order valence-electron chi connectivity index (χ4n) is 2.99. The average Bonchev–Trinajstić information content (AvgIpc) is 3.44. The van der Waals surface area contributed by atoms with Crippen LogP contribution in [0.4, 0.5) is 5.82 Å². The zero-order valence-corrected chi connectivity index (χ0v) is 14.6. The molecule has 0 radical (unpaired) electrons. The van der Waals surface area contributed by atoms with Crippen molar-refractivity contribution >= 4 is 26.6 Å². The van der Waals surface area contributed by atoms with E-state index in [0.29, 0.717) is 22.6 Å². The lowest BCUT2D eigenvalue weighted by atomic mass is 10.0. The quantitative estimate of drug-likeness (QED) is 0.758. The summed E-state index contributed by atoms with van der Waals surface area (Å²) in [5.41, 5.74) is 1.82. The average molecular weight is 354 g/mol. The van der Waals surface area contributed by atoms with Crippen molar-refractivity contribution in [2.24, 2.45) is 5.92 Å². The molecule has 0 bridgehead atoms. The molecular weight excluding hydrogens is 336 g/mol. The van der Waals surface area contributed by atoms with Gasteiger partial charge >= 0.3 is 0 Å². The lowest BCUT2D eigenvalue weighted by molar-refractivity contribution is 0.602. The summed E-state index contributed by atoms with van der Waals surface area (Å²) in [6, 6.07) is 9.01. The number of pyridine rings is 1. The number of nitrogens with zero attached hydrogens (tertiary/aromatic N) is 3. The van der Waals surface area contributed by atoms with E-state index in [1.54, 1.807) is 24.4 Å². The van der Waals surface area contributed by atoms with E-state index in [0.717, 1.165) is 18.4 Å². The molecule has 128 valence electrons. The summed E-state index contributed by atoms with van der Waals surface area (Å²) >= 11 is 0. The topological polar surface area (TPSA) is 84.8 Å². The maximum Gasteiger partial charge on any atom is 0.175 e. The molecule has 0 spiro atoms. The monoisotopic (exact) mass is 354 g/mol. The predicted molar refractivity (Wildman–Crippen MR) is 96.0 cm³/mol. The number of hydrogen-bond donors (Lipinski definition) is 1. The number of sulfone groups is 1. The number of benzene rings is 1. The Labute approximate surface area is 146 Å². The third-order valence-corrected chi connectivity index (χ3v) is 5.57. The van der Waals surface area contributed by atoms with Crippen molar-refractivity contribution in [3.63, 3.8) is 0 Å². The molecule has 1 aromatic carbocycles. The highest BCUT2D eigenvalue weighted by atomic mass is 32.2. The molecule has 4 rings (SSSR count). The van der Waals surface area contributed by atoms with Gasteiger partial charge < -0.3 is 5.32 Å². The third-order valence-electron chi connectivity index (χ3n) is 4.46. The Bertz CT molecular complexity index is 1020. The van der Waals surface area contributed by atoms with Gasteiger partial charge in [0.05, 0.1) is 16.5 Å².